The number of halogens is 1. The smallest absolute Gasteiger partial charge is 0.358 e. The highest BCUT2D eigenvalue weighted by Gasteiger charge is 2.14. The van der Waals surface area contributed by atoms with Gasteiger partial charge >= 0.3 is 5.97 Å². The lowest BCUT2D eigenvalue weighted by Crippen LogP contribution is -1.94. The number of carboxylic acid groups (broad SMARTS) is 1. The summed E-state index contributed by atoms with van der Waals surface area (Å²) in [7, 11) is 0. The highest BCUT2D eigenvalue weighted by Crippen LogP contribution is 2.24. The van der Waals surface area contributed by atoms with Gasteiger partial charge < -0.3 is 9.63 Å². The number of hydrogen-bond acceptors (Lipinski definition) is 3. The number of benzene rings is 1. The van der Waals surface area contributed by atoms with Gasteiger partial charge in [-0.15, -0.1) is 0 Å². The lowest BCUT2D eigenvalue weighted by atomic mass is 10.1. The zero-order valence-electron chi connectivity index (χ0n) is 8.40. The van der Waals surface area contributed by atoms with Crippen molar-refractivity contribution < 1.29 is 18.8 Å². The highest BCUT2D eigenvalue weighted by molar-refractivity contribution is 5.86. The zero-order chi connectivity index (χ0) is 11.7. The van der Waals surface area contributed by atoms with Gasteiger partial charge in [0.2, 0.25) is 0 Å². The predicted octanol–water partition coefficient (Wildman–Crippen LogP) is 2.49. The van der Waals surface area contributed by atoms with Crippen molar-refractivity contribution in [2.24, 2.45) is 0 Å². The molecule has 1 heterocycles. The van der Waals surface area contributed by atoms with Gasteiger partial charge in [-0.3, -0.25) is 0 Å². The van der Waals surface area contributed by atoms with Crippen LogP contribution in [-0.2, 0) is 0 Å². The normalized spacial score (nSPS) is 10.4. The Morgan fingerprint density at radius 3 is 2.81 bits per heavy atom. The SMILES string of the molecule is Cc1ccc(F)cc1-c1cc(C(=O)O)no1. The molecule has 82 valence electrons. The van der Waals surface area contributed by atoms with Crippen molar-refractivity contribution in [3.05, 3.63) is 41.3 Å². The molecule has 0 aliphatic heterocycles. The van der Waals surface area contributed by atoms with Gasteiger partial charge in [-0.1, -0.05) is 11.2 Å². The fraction of sp³-hybridized carbons (Fsp3) is 0.0909. The van der Waals surface area contributed by atoms with E-state index in [0.717, 1.165) is 5.56 Å². The molecule has 0 bridgehead atoms. The lowest BCUT2D eigenvalue weighted by molar-refractivity contribution is 0.0686. The van der Waals surface area contributed by atoms with Crippen molar-refractivity contribution in [2.45, 2.75) is 6.92 Å². The van der Waals surface area contributed by atoms with Crippen LogP contribution in [0, 0.1) is 12.7 Å². The third-order valence-electron chi connectivity index (χ3n) is 2.19. The maximum absolute atomic E-state index is 13.0. The van der Waals surface area contributed by atoms with Gasteiger partial charge in [0.05, 0.1) is 0 Å². The second-order valence-electron chi connectivity index (χ2n) is 3.34. The van der Waals surface area contributed by atoms with Crippen molar-refractivity contribution in [2.75, 3.05) is 0 Å². The van der Waals surface area contributed by atoms with Gasteiger partial charge in [0, 0.05) is 11.6 Å². The van der Waals surface area contributed by atoms with E-state index in [2.05, 4.69) is 5.16 Å². The molecule has 0 unspecified atom stereocenters. The predicted molar refractivity (Wildman–Crippen MR) is 53.6 cm³/mol. The molecule has 2 rings (SSSR count). The van der Waals surface area contributed by atoms with Crippen LogP contribution in [0.3, 0.4) is 0 Å². The zero-order valence-corrected chi connectivity index (χ0v) is 8.40. The Labute approximate surface area is 90.3 Å². The van der Waals surface area contributed by atoms with Crippen molar-refractivity contribution in [3.8, 4) is 11.3 Å². The fourth-order valence-corrected chi connectivity index (χ4v) is 1.36. The van der Waals surface area contributed by atoms with Crippen molar-refractivity contribution in [1.82, 2.24) is 5.16 Å². The first-order valence-electron chi connectivity index (χ1n) is 4.54. The highest BCUT2D eigenvalue weighted by atomic mass is 19.1. The minimum absolute atomic E-state index is 0.196. The molecule has 4 nitrogen and oxygen atoms in total. The number of carboxylic acids is 1. The van der Waals surface area contributed by atoms with Gasteiger partial charge in [0.15, 0.2) is 11.5 Å². The Hall–Kier alpha value is -2.17. The Kier molecular flexibility index (Phi) is 2.44. The number of carbonyl (C=O) groups is 1. The first kappa shape index (κ1) is 10.4. The molecule has 1 N–H and O–H groups in total. The van der Waals surface area contributed by atoms with Gasteiger partial charge in [-0.05, 0) is 24.6 Å². The number of rotatable bonds is 2. The first-order valence-corrected chi connectivity index (χ1v) is 4.54. The quantitative estimate of drug-likeness (QED) is 0.846. The minimum atomic E-state index is -1.18. The molecular weight excluding hydrogens is 213 g/mol. The van der Waals surface area contributed by atoms with Crippen LogP contribution in [0.4, 0.5) is 4.39 Å². The summed E-state index contributed by atoms with van der Waals surface area (Å²) in [6.45, 7) is 1.78. The maximum atomic E-state index is 13.0. The van der Waals surface area contributed by atoms with E-state index in [4.69, 9.17) is 9.63 Å². The lowest BCUT2D eigenvalue weighted by Gasteiger charge is -2.00. The van der Waals surface area contributed by atoms with Gasteiger partial charge in [-0.2, -0.15) is 0 Å². The summed E-state index contributed by atoms with van der Waals surface area (Å²) < 4.78 is 17.9. The summed E-state index contributed by atoms with van der Waals surface area (Å²) >= 11 is 0. The van der Waals surface area contributed by atoms with E-state index in [1.54, 1.807) is 13.0 Å². The van der Waals surface area contributed by atoms with E-state index in [-0.39, 0.29) is 11.5 Å². The van der Waals surface area contributed by atoms with E-state index in [1.165, 1.54) is 18.2 Å². The molecule has 0 fully saturated rings. The van der Waals surface area contributed by atoms with Crippen molar-refractivity contribution in [3.63, 3.8) is 0 Å². The van der Waals surface area contributed by atoms with Gasteiger partial charge in [-0.25, -0.2) is 9.18 Å². The molecule has 0 amide bonds. The number of nitrogens with zero attached hydrogens (tertiary/aromatic N) is 1. The molecule has 0 spiro atoms. The molecule has 0 saturated heterocycles. The second-order valence-corrected chi connectivity index (χ2v) is 3.34. The summed E-state index contributed by atoms with van der Waals surface area (Å²) in [4.78, 5) is 10.6. The Morgan fingerprint density at radius 2 is 2.19 bits per heavy atom. The first-order chi connectivity index (χ1) is 7.58. The van der Waals surface area contributed by atoms with E-state index < -0.39 is 11.8 Å². The number of hydrogen-bond donors (Lipinski definition) is 1. The van der Waals surface area contributed by atoms with Crippen molar-refractivity contribution >= 4 is 5.97 Å². The van der Waals surface area contributed by atoms with Crippen LogP contribution in [0.5, 0.6) is 0 Å². The standard InChI is InChI=1S/C11H8FNO3/c1-6-2-3-7(12)4-8(6)10-5-9(11(14)15)13-16-10/h2-5H,1H3,(H,14,15). The largest absolute Gasteiger partial charge is 0.476 e. The third-order valence-corrected chi connectivity index (χ3v) is 2.19. The molecule has 0 atom stereocenters. The van der Waals surface area contributed by atoms with Crippen molar-refractivity contribution in [1.29, 1.82) is 0 Å². The van der Waals surface area contributed by atoms with E-state index in [0.29, 0.717) is 5.56 Å². The molecule has 0 aliphatic carbocycles. The Balaban J connectivity index is 2.50. The van der Waals surface area contributed by atoms with Crippen LogP contribution in [0.25, 0.3) is 11.3 Å². The summed E-state index contributed by atoms with van der Waals surface area (Å²) in [6.07, 6.45) is 0. The Bertz CT molecular complexity index is 548. The van der Waals surface area contributed by atoms with E-state index in [9.17, 15) is 9.18 Å². The van der Waals surface area contributed by atoms with Gasteiger partial charge in [0.1, 0.15) is 5.82 Å². The average molecular weight is 221 g/mol. The molecule has 1 aromatic heterocycles. The molecule has 0 saturated carbocycles. The van der Waals surface area contributed by atoms with Crippen LogP contribution < -0.4 is 0 Å². The molecule has 2 aromatic rings. The molecular formula is C11H8FNO3. The number of aromatic carboxylic acids is 1. The summed E-state index contributed by atoms with van der Waals surface area (Å²) in [5, 5.41) is 12.0. The summed E-state index contributed by atoms with van der Waals surface area (Å²) in [6, 6.07) is 5.46. The minimum Gasteiger partial charge on any atom is -0.476 e. The van der Waals surface area contributed by atoms with Crippen LogP contribution in [-0.4, -0.2) is 16.2 Å². The third kappa shape index (κ3) is 1.79. The molecule has 5 heteroatoms. The second kappa shape index (κ2) is 3.77. The van der Waals surface area contributed by atoms with Gasteiger partial charge in [0.25, 0.3) is 0 Å². The Morgan fingerprint density at radius 1 is 1.44 bits per heavy atom. The van der Waals surface area contributed by atoms with Crippen LogP contribution in [0.15, 0.2) is 28.8 Å². The van der Waals surface area contributed by atoms with Crippen LogP contribution in [0.1, 0.15) is 16.1 Å². The van der Waals surface area contributed by atoms with E-state index >= 15 is 0 Å². The maximum Gasteiger partial charge on any atom is 0.358 e. The molecule has 16 heavy (non-hydrogen) atoms. The summed E-state index contributed by atoms with van der Waals surface area (Å²) in [5.41, 5.74) is 1.09. The monoisotopic (exact) mass is 221 g/mol. The molecule has 0 aliphatic rings. The van der Waals surface area contributed by atoms with E-state index in [1.807, 2.05) is 0 Å². The number of aromatic nitrogens is 1. The molecule has 0 radical (unpaired) electrons. The summed E-state index contributed by atoms with van der Waals surface area (Å²) in [5.74, 6) is -1.34. The average Bonchev–Trinajstić information content (AvgIpc) is 2.70. The number of aryl methyl sites for hydroxylation is 1. The fourth-order valence-electron chi connectivity index (χ4n) is 1.36. The molecule has 1 aromatic carbocycles. The topological polar surface area (TPSA) is 63.3 Å². The van der Waals surface area contributed by atoms with Crippen LogP contribution in [0.2, 0.25) is 0 Å². The van der Waals surface area contributed by atoms with Crippen LogP contribution >= 0.6 is 0 Å².